The fourth-order valence-electron chi connectivity index (χ4n) is 2.62. The molecule has 0 radical (unpaired) electrons. The maximum atomic E-state index is 12.6. The van der Waals surface area contributed by atoms with Crippen LogP contribution in [0.5, 0.6) is 0 Å². The van der Waals surface area contributed by atoms with E-state index >= 15 is 0 Å². The van der Waals surface area contributed by atoms with E-state index in [4.69, 9.17) is 4.74 Å². The van der Waals surface area contributed by atoms with Gasteiger partial charge in [0.25, 0.3) is 5.91 Å². The van der Waals surface area contributed by atoms with Gasteiger partial charge in [-0.15, -0.1) is 11.3 Å². The van der Waals surface area contributed by atoms with Crippen molar-refractivity contribution in [1.29, 1.82) is 0 Å². The summed E-state index contributed by atoms with van der Waals surface area (Å²) in [6, 6.07) is 10.1. The van der Waals surface area contributed by atoms with Crippen molar-refractivity contribution in [2.75, 3.05) is 13.1 Å². The predicted octanol–water partition coefficient (Wildman–Crippen LogP) is 3.05. The van der Waals surface area contributed by atoms with Crippen LogP contribution in [-0.2, 0) is 4.74 Å². The van der Waals surface area contributed by atoms with Crippen molar-refractivity contribution < 1.29 is 9.53 Å². The number of carbonyl (C=O) groups excluding carboxylic acids is 1. The first-order valence-electron chi connectivity index (χ1n) is 7.05. The summed E-state index contributed by atoms with van der Waals surface area (Å²) in [6.07, 6.45) is -0.0340. The summed E-state index contributed by atoms with van der Waals surface area (Å²) in [5.74, 6) is 0.0612. The number of ether oxygens (including phenoxy) is 1. The second kappa shape index (κ2) is 5.95. The summed E-state index contributed by atoms with van der Waals surface area (Å²) in [6.45, 7) is 5.10. The van der Waals surface area contributed by atoms with E-state index in [9.17, 15) is 4.79 Å². The van der Waals surface area contributed by atoms with E-state index in [1.54, 1.807) is 5.51 Å². The number of hydrogen-bond donors (Lipinski definition) is 0. The van der Waals surface area contributed by atoms with Gasteiger partial charge in [0, 0.05) is 6.54 Å². The van der Waals surface area contributed by atoms with E-state index in [2.05, 4.69) is 4.98 Å². The molecule has 110 valence electrons. The first-order valence-corrected chi connectivity index (χ1v) is 7.93. The first kappa shape index (κ1) is 14.2. The topological polar surface area (TPSA) is 42.4 Å². The highest BCUT2D eigenvalue weighted by Gasteiger charge is 2.31. The zero-order valence-electron chi connectivity index (χ0n) is 12.2. The number of amides is 1. The number of hydrogen-bond acceptors (Lipinski definition) is 4. The minimum atomic E-state index is -0.0628. The van der Waals surface area contributed by atoms with E-state index in [1.807, 2.05) is 49.1 Å². The van der Waals surface area contributed by atoms with E-state index in [-0.39, 0.29) is 18.1 Å². The Kier molecular flexibility index (Phi) is 4.03. The van der Waals surface area contributed by atoms with Crippen molar-refractivity contribution in [2.24, 2.45) is 0 Å². The molecule has 1 amide bonds. The van der Waals surface area contributed by atoms with E-state index in [1.165, 1.54) is 11.3 Å². The van der Waals surface area contributed by atoms with Gasteiger partial charge in [-0.05, 0) is 19.4 Å². The highest BCUT2D eigenvalue weighted by Crippen LogP contribution is 2.27. The molecular formula is C16H18N2O2S. The Balaban J connectivity index is 1.80. The average Bonchev–Trinajstić information content (AvgIpc) is 2.93. The van der Waals surface area contributed by atoms with Crippen molar-refractivity contribution >= 4 is 17.2 Å². The molecule has 0 N–H and O–H groups in total. The minimum absolute atomic E-state index is 0.0288. The Labute approximate surface area is 128 Å². The molecule has 1 aromatic carbocycles. The fourth-order valence-corrected chi connectivity index (χ4v) is 3.39. The van der Waals surface area contributed by atoms with E-state index in [0.29, 0.717) is 13.1 Å². The van der Waals surface area contributed by atoms with Crippen molar-refractivity contribution in [2.45, 2.75) is 26.1 Å². The summed E-state index contributed by atoms with van der Waals surface area (Å²) in [5, 5.41) is 0. The molecule has 0 aliphatic carbocycles. The van der Waals surface area contributed by atoms with Gasteiger partial charge in [0.15, 0.2) is 0 Å². The molecule has 0 bridgehead atoms. The normalized spacial score (nSPS) is 22.3. The summed E-state index contributed by atoms with van der Waals surface area (Å²) < 4.78 is 5.99. The van der Waals surface area contributed by atoms with Crippen molar-refractivity contribution in [3.8, 4) is 0 Å². The van der Waals surface area contributed by atoms with Crippen LogP contribution < -0.4 is 0 Å². The van der Waals surface area contributed by atoms with Gasteiger partial charge in [0.2, 0.25) is 0 Å². The predicted molar refractivity (Wildman–Crippen MR) is 82.5 cm³/mol. The molecule has 1 fully saturated rings. The summed E-state index contributed by atoms with van der Waals surface area (Å²) in [4.78, 5) is 19.4. The van der Waals surface area contributed by atoms with Gasteiger partial charge in [-0.2, -0.15) is 0 Å². The monoisotopic (exact) mass is 302 g/mol. The second-order valence-corrected chi connectivity index (χ2v) is 6.18. The van der Waals surface area contributed by atoms with Crippen LogP contribution in [0.3, 0.4) is 0 Å². The summed E-state index contributed by atoms with van der Waals surface area (Å²) in [5.41, 5.74) is 3.64. The Morgan fingerprint density at radius 3 is 2.76 bits per heavy atom. The molecule has 4 nitrogen and oxygen atoms in total. The van der Waals surface area contributed by atoms with Crippen molar-refractivity contribution in [1.82, 2.24) is 9.88 Å². The van der Waals surface area contributed by atoms with Gasteiger partial charge < -0.3 is 9.64 Å². The van der Waals surface area contributed by atoms with Crippen LogP contribution >= 0.6 is 11.3 Å². The molecular weight excluding hydrogens is 284 g/mol. The molecule has 2 aromatic rings. The average molecular weight is 302 g/mol. The third-order valence-electron chi connectivity index (χ3n) is 3.66. The van der Waals surface area contributed by atoms with Crippen LogP contribution in [0.15, 0.2) is 35.8 Å². The lowest BCUT2D eigenvalue weighted by Gasteiger charge is -2.37. The highest BCUT2D eigenvalue weighted by atomic mass is 32.1. The molecule has 2 heterocycles. The number of morpholine rings is 1. The number of thiazole rings is 1. The number of aryl methyl sites for hydroxylation is 1. The second-order valence-electron chi connectivity index (χ2n) is 5.32. The molecule has 2 atom stereocenters. The van der Waals surface area contributed by atoms with E-state index in [0.717, 1.165) is 16.1 Å². The van der Waals surface area contributed by atoms with Crippen molar-refractivity contribution in [3.63, 3.8) is 0 Å². The zero-order valence-corrected chi connectivity index (χ0v) is 13.0. The molecule has 0 unspecified atom stereocenters. The molecule has 21 heavy (non-hydrogen) atoms. The molecule has 1 aliphatic rings. The zero-order chi connectivity index (χ0) is 14.8. The van der Waals surface area contributed by atoms with Gasteiger partial charge in [-0.3, -0.25) is 4.79 Å². The third-order valence-corrected chi connectivity index (χ3v) is 4.58. The molecule has 1 saturated heterocycles. The van der Waals surface area contributed by atoms with Crippen molar-refractivity contribution in [3.05, 3.63) is 52.0 Å². The van der Waals surface area contributed by atoms with Crippen LogP contribution in [0, 0.1) is 6.92 Å². The summed E-state index contributed by atoms with van der Waals surface area (Å²) in [7, 11) is 0. The lowest BCUT2D eigenvalue weighted by atomic mass is 10.1. The van der Waals surface area contributed by atoms with Crippen LogP contribution in [0.1, 0.15) is 34.0 Å². The Morgan fingerprint density at radius 2 is 2.10 bits per heavy atom. The lowest BCUT2D eigenvalue weighted by molar-refractivity contribution is -0.0690. The van der Waals surface area contributed by atoms with Crippen LogP contribution in [-0.4, -0.2) is 35.0 Å². The standard InChI is InChI=1S/C16H18N2O2S/c1-11-8-18(16(19)15-12(2)17-10-21-15)9-14(20-11)13-6-4-3-5-7-13/h3-7,10-11,14H,8-9H2,1-2H3/t11-,14+/m1/s1. The highest BCUT2D eigenvalue weighted by molar-refractivity contribution is 7.11. The fraction of sp³-hybridized carbons (Fsp3) is 0.375. The van der Waals surface area contributed by atoms with Gasteiger partial charge in [-0.25, -0.2) is 4.98 Å². The van der Waals surface area contributed by atoms with Gasteiger partial charge in [0.1, 0.15) is 11.0 Å². The number of aromatic nitrogens is 1. The third kappa shape index (κ3) is 2.99. The van der Waals surface area contributed by atoms with E-state index < -0.39 is 0 Å². The molecule has 1 aliphatic heterocycles. The smallest absolute Gasteiger partial charge is 0.266 e. The van der Waals surface area contributed by atoms with Crippen LogP contribution in [0.2, 0.25) is 0 Å². The molecule has 3 rings (SSSR count). The molecule has 5 heteroatoms. The van der Waals surface area contributed by atoms with Gasteiger partial charge >= 0.3 is 0 Å². The number of carbonyl (C=O) groups is 1. The Morgan fingerprint density at radius 1 is 1.33 bits per heavy atom. The number of nitrogens with zero attached hydrogens (tertiary/aromatic N) is 2. The molecule has 1 aromatic heterocycles. The Bertz CT molecular complexity index is 626. The van der Waals surface area contributed by atoms with Crippen LogP contribution in [0.25, 0.3) is 0 Å². The summed E-state index contributed by atoms with van der Waals surface area (Å²) >= 11 is 1.41. The first-order chi connectivity index (χ1) is 10.1. The maximum absolute atomic E-state index is 12.6. The number of rotatable bonds is 2. The van der Waals surface area contributed by atoms with Gasteiger partial charge in [0.05, 0.1) is 23.9 Å². The number of benzene rings is 1. The molecule has 0 saturated carbocycles. The molecule has 0 spiro atoms. The lowest BCUT2D eigenvalue weighted by Crippen LogP contribution is -2.45. The maximum Gasteiger partial charge on any atom is 0.266 e. The Hall–Kier alpha value is -1.72. The minimum Gasteiger partial charge on any atom is -0.367 e. The largest absolute Gasteiger partial charge is 0.367 e. The van der Waals surface area contributed by atoms with Gasteiger partial charge in [-0.1, -0.05) is 30.3 Å². The quantitative estimate of drug-likeness (QED) is 0.856. The van der Waals surface area contributed by atoms with Crippen LogP contribution in [0.4, 0.5) is 0 Å². The SMILES string of the molecule is Cc1ncsc1C(=O)N1C[C@@H](C)O[C@H](c2ccccc2)C1.